The van der Waals surface area contributed by atoms with Gasteiger partial charge in [-0.2, -0.15) is 0 Å². The van der Waals surface area contributed by atoms with Crippen LogP contribution in [0, 0.1) is 5.82 Å². The number of carbonyl (C=O) groups is 1. The number of rotatable bonds is 5. The molecule has 0 unspecified atom stereocenters. The van der Waals surface area contributed by atoms with Crippen molar-refractivity contribution in [2.75, 3.05) is 19.5 Å². The number of anilines is 1. The van der Waals surface area contributed by atoms with Crippen molar-refractivity contribution in [1.82, 2.24) is 4.72 Å². The Morgan fingerprint density at radius 1 is 1.17 bits per heavy atom. The first-order chi connectivity index (χ1) is 10.9. The second-order valence-corrected chi connectivity index (χ2v) is 6.39. The molecule has 0 spiro atoms. The van der Waals surface area contributed by atoms with Crippen molar-refractivity contribution in [2.24, 2.45) is 0 Å². The zero-order valence-corrected chi connectivity index (χ0v) is 13.3. The normalized spacial score (nSPS) is 11.1. The summed E-state index contributed by atoms with van der Waals surface area (Å²) < 4.78 is 44.3. The van der Waals surface area contributed by atoms with Gasteiger partial charge >= 0.3 is 0 Å². The Morgan fingerprint density at radius 2 is 1.91 bits per heavy atom. The molecular formula is C15H15FN2O4S. The predicted octanol–water partition coefficient (Wildman–Crippen LogP) is 1.99. The van der Waals surface area contributed by atoms with Gasteiger partial charge in [-0.05, 0) is 43.4 Å². The van der Waals surface area contributed by atoms with E-state index in [9.17, 15) is 17.6 Å². The number of benzene rings is 2. The molecule has 1 amide bonds. The highest BCUT2D eigenvalue weighted by Gasteiger charge is 2.20. The summed E-state index contributed by atoms with van der Waals surface area (Å²) in [7, 11) is -1.20. The third kappa shape index (κ3) is 3.85. The first-order valence-corrected chi connectivity index (χ1v) is 8.04. The predicted molar refractivity (Wildman–Crippen MR) is 83.6 cm³/mol. The van der Waals surface area contributed by atoms with E-state index in [0.29, 0.717) is 0 Å². The lowest BCUT2D eigenvalue weighted by atomic mass is 10.2. The average molecular weight is 338 g/mol. The van der Waals surface area contributed by atoms with Gasteiger partial charge in [0.05, 0.1) is 7.11 Å². The Morgan fingerprint density at radius 3 is 2.52 bits per heavy atom. The van der Waals surface area contributed by atoms with Gasteiger partial charge < -0.3 is 10.1 Å². The molecule has 6 nitrogen and oxygen atoms in total. The van der Waals surface area contributed by atoms with E-state index in [1.54, 1.807) is 0 Å². The number of ether oxygens (including phenoxy) is 1. The van der Waals surface area contributed by atoms with Gasteiger partial charge in [0.15, 0.2) is 0 Å². The van der Waals surface area contributed by atoms with Crippen LogP contribution in [0.25, 0.3) is 0 Å². The van der Waals surface area contributed by atoms with Crippen LogP contribution in [0.5, 0.6) is 5.75 Å². The maximum Gasteiger partial charge on any atom is 0.255 e. The molecule has 8 heteroatoms. The Labute approximate surface area is 133 Å². The largest absolute Gasteiger partial charge is 0.495 e. The van der Waals surface area contributed by atoms with Gasteiger partial charge in [-0.15, -0.1) is 0 Å². The maximum atomic E-state index is 13.1. The number of halogens is 1. The second kappa shape index (κ2) is 6.76. The minimum absolute atomic E-state index is 0.101. The van der Waals surface area contributed by atoms with Crippen LogP contribution in [-0.2, 0) is 10.0 Å². The third-order valence-corrected chi connectivity index (χ3v) is 4.50. The number of sulfonamides is 1. The quantitative estimate of drug-likeness (QED) is 0.873. The number of hydrogen-bond acceptors (Lipinski definition) is 4. The smallest absolute Gasteiger partial charge is 0.255 e. The van der Waals surface area contributed by atoms with Crippen molar-refractivity contribution in [1.29, 1.82) is 0 Å². The SMILES string of the molecule is CNS(=O)(=O)c1cc(C(=O)Nc2cccc(F)c2)ccc1OC. The third-order valence-electron chi connectivity index (χ3n) is 3.07. The summed E-state index contributed by atoms with van der Waals surface area (Å²) in [5, 5.41) is 2.50. The lowest BCUT2D eigenvalue weighted by molar-refractivity contribution is 0.102. The van der Waals surface area contributed by atoms with Crippen molar-refractivity contribution in [3.05, 3.63) is 53.8 Å². The monoisotopic (exact) mass is 338 g/mol. The second-order valence-electron chi connectivity index (χ2n) is 4.54. The summed E-state index contributed by atoms with van der Waals surface area (Å²) in [5.41, 5.74) is 0.368. The topological polar surface area (TPSA) is 84.5 Å². The van der Waals surface area contributed by atoms with E-state index in [1.165, 1.54) is 50.6 Å². The summed E-state index contributed by atoms with van der Waals surface area (Å²) in [6, 6.07) is 9.38. The van der Waals surface area contributed by atoms with Crippen LogP contribution >= 0.6 is 0 Å². The fraction of sp³-hybridized carbons (Fsp3) is 0.133. The number of amides is 1. The van der Waals surface area contributed by atoms with Crippen molar-refractivity contribution < 1.29 is 22.3 Å². The van der Waals surface area contributed by atoms with Crippen molar-refractivity contribution in [3.8, 4) is 5.75 Å². The fourth-order valence-corrected chi connectivity index (χ4v) is 2.83. The number of hydrogen-bond donors (Lipinski definition) is 2. The molecule has 2 rings (SSSR count). The lowest BCUT2D eigenvalue weighted by Gasteiger charge is -2.11. The van der Waals surface area contributed by atoms with Gasteiger partial charge in [0.25, 0.3) is 5.91 Å². The van der Waals surface area contributed by atoms with Crippen LogP contribution in [-0.4, -0.2) is 28.5 Å². The molecule has 0 aliphatic rings. The Balaban J connectivity index is 2.36. The molecule has 0 bridgehead atoms. The highest BCUT2D eigenvalue weighted by molar-refractivity contribution is 7.89. The summed E-state index contributed by atoms with van der Waals surface area (Å²) >= 11 is 0. The Hall–Kier alpha value is -2.45. The minimum Gasteiger partial charge on any atom is -0.495 e. The zero-order valence-electron chi connectivity index (χ0n) is 12.5. The average Bonchev–Trinajstić information content (AvgIpc) is 2.54. The van der Waals surface area contributed by atoms with Crippen LogP contribution in [0.4, 0.5) is 10.1 Å². The summed E-state index contributed by atoms with van der Waals surface area (Å²) in [5.74, 6) is -0.941. The van der Waals surface area contributed by atoms with Crippen molar-refractivity contribution >= 4 is 21.6 Å². The first kappa shape index (κ1) is 16.9. The zero-order chi connectivity index (χ0) is 17.0. The van der Waals surface area contributed by atoms with E-state index in [0.717, 1.165) is 6.07 Å². The van der Waals surface area contributed by atoms with E-state index < -0.39 is 21.7 Å². The van der Waals surface area contributed by atoms with Crippen LogP contribution in [0.2, 0.25) is 0 Å². The summed E-state index contributed by atoms with van der Waals surface area (Å²) in [6.45, 7) is 0. The standard InChI is InChI=1S/C15H15FN2O4S/c1-17-23(20,21)14-8-10(6-7-13(14)22-2)15(19)18-12-5-3-4-11(16)9-12/h3-9,17H,1-2H3,(H,18,19). The number of nitrogens with one attached hydrogen (secondary N) is 2. The molecule has 0 heterocycles. The Bertz CT molecular complexity index is 837. The molecule has 122 valence electrons. The molecule has 0 aromatic heterocycles. The molecule has 2 N–H and O–H groups in total. The molecule has 0 saturated carbocycles. The summed E-state index contributed by atoms with van der Waals surface area (Å²) in [6.07, 6.45) is 0. The molecule has 0 aliphatic carbocycles. The molecule has 0 atom stereocenters. The van der Waals surface area contributed by atoms with Crippen LogP contribution in [0.1, 0.15) is 10.4 Å². The molecule has 23 heavy (non-hydrogen) atoms. The van der Waals surface area contributed by atoms with Crippen LogP contribution in [0.3, 0.4) is 0 Å². The Kier molecular flexibility index (Phi) is 4.97. The molecule has 0 aliphatic heterocycles. The van der Waals surface area contributed by atoms with Crippen LogP contribution in [0.15, 0.2) is 47.4 Å². The fourth-order valence-electron chi connectivity index (χ4n) is 1.91. The highest BCUT2D eigenvalue weighted by Crippen LogP contribution is 2.25. The highest BCUT2D eigenvalue weighted by atomic mass is 32.2. The van der Waals surface area contributed by atoms with Gasteiger partial charge in [0.1, 0.15) is 16.5 Å². The lowest BCUT2D eigenvalue weighted by Crippen LogP contribution is -2.20. The molecule has 0 fully saturated rings. The van der Waals surface area contributed by atoms with E-state index >= 15 is 0 Å². The van der Waals surface area contributed by atoms with E-state index in [4.69, 9.17) is 4.74 Å². The minimum atomic E-state index is -3.79. The molecule has 0 radical (unpaired) electrons. The van der Waals surface area contributed by atoms with E-state index in [2.05, 4.69) is 10.0 Å². The maximum absolute atomic E-state index is 13.1. The van der Waals surface area contributed by atoms with Crippen LogP contribution < -0.4 is 14.8 Å². The van der Waals surface area contributed by atoms with E-state index in [-0.39, 0.29) is 21.9 Å². The van der Waals surface area contributed by atoms with Gasteiger partial charge in [-0.25, -0.2) is 17.5 Å². The molecule has 2 aromatic carbocycles. The molecule has 2 aromatic rings. The van der Waals surface area contributed by atoms with Gasteiger partial charge in [-0.3, -0.25) is 4.79 Å². The van der Waals surface area contributed by atoms with Crippen molar-refractivity contribution in [3.63, 3.8) is 0 Å². The van der Waals surface area contributed by atoms with Gasteiger partial charge in [0.2, 0.25) is 10.0 Å². The number of methoxy groups -OCH3 is 1. The van der Waals surface area contributed by atoms with Gasteiger partial charge in [-0.1, -0.05) is 6.07 Å². The van der Waals surface area contributed by atoms with Crippen molar-refractivity contribution in [2.45, 2.75) is 4.90 Å². The van der Waals surface area contributed by atoms with Gasteiger partial charge in [0, 0.05) is 11.3 Å². The van der Waals surface area contributed by atoms with E-state index in [1.807, 2.05) is 0 Å². The molecular weight excluding hydrogens is 323 g/mol. The summed E-state index contributed by atoms with van der Waals surface area (Å²) in [4.78, 5) is 12.0. The first-order valence-electron chi connectivity index (χ1n) is 6.56. The number of carbonyl (C=O) groups excluding carboxylic acids is 1. The molecule has 0 saturated heterocycles.